The van der Waals surface area contributed by atoms with Gasteiger partial charge in [-0.15, -0.1) is 0 Å². The average Bonchev–Trinajstić information content (AvgIpc) is 3.38. The molecule has 1 aromatic carbocycles. The summed E-state index contributed by atoms with van der Waals surface area (Å²) in [4.78, 5) is 22.6. The van der Waals surface area contributed by atoms with E-state index in [0.29, 0.717) is 36.0 Å². The van der Waals surface area contributed by atoms with Crippen molar-refractivity contribution in [1.82, 2.24) is 24.6 Å². The highest BCUT2D eigenvalue weighted by atomic mass is 16.5. The van der Waals surface area contributed by atoms with Crippen molar-refractivity contribution in [2.45, 2.75) is 12.5 Å². The zero-order valence-corrected chi connectivity index (χ0v) is 15.8. The summed E-state index contributed by atoms with van der Waals surface area (Å²) in [5.74, 6) is 1.09. The van der Waals surface area contributed by atoms with E-state index in [9.17, 15) is 4.79 Å². The molecular formula is C20H19N7O2. The van der Waals surface area contributed by atoms with Crippen LogP contribution >= 0.6 is 0 Å². The van der Waals surface area contributed by atoms with Crippen LogP contribution in [0.4, 0.5) is 10.5 Å². The molecule has 1 saturated heterocycles. The average molecular weight is 389 g/mol. The van der Waals surface area contributed by atoms with Gasteiger partial charge in [-0.1, -0.05) is 0 Å². The molecule has 1 fully saturated rings. The van der Waals surface area contributed by atoms with Gasteiger partial charge in [0.25, 0.3) is 0 Å². The lowest BCUT2D eigenvalue weighted by atomic mass is 10.2. The third kappa shape index (κ3) is 4.32. The highest BCUT2D eigenvalue weighted by Gasteiger charge is 2.28. The Kier molecular flexibility index (Phi) is 5.07. The monoisotopic (exact) mass is 389 g/mol. The highest BCUT2D eigenvalue weighted by molar-refractivity contribution is 5.89. The van der Waals surface area contributed by atoms with Crippen LogP contribution < -0.4 is 10.1 Å². The fraction of sp³-hybridized carbons (Fsp3) is 0.250. The van der Waals surface area contributed by atoms with Crippen molar-refractivity contribution in [3.05, 3.63) is 54.5 Å². The molecule has 0 spiro atoms. The lowest BCUT2D eigenvalue weighted by molar-refractivity contribution is 0.190. The van der Waals surface area contributed by atoms with Crippen LogP contribution in [0.1, 0.15) is 12.0 Å². The number of likely N-dealkylation sites (tertiary alicyclic amines) is 1. The van der Waals surface area contributed by atoms with E-state index in [-0.39, 0.29) is 12.1 Å². The molecule has 1 N–H and O–H groups in total. The SMILES string of the molecule is Cn1cnc(-c2ccc(NC(=O)N3CCC(Oc4ccc(C#N)cn4)C3)cc2)n1. The van der Waals surface area contributed by atoms with Crippen molar-refractivity contribution < 1.29 is 9.53 Å². The second-order valence-corrected chi connectivity index (χ2v) is 6.72. The fourth-order valence-corrected chi connectivity index (χ4v) is 3.07. The molecule has 1 atom stereocenters. The van der Waals surface area contributed by atoms with Gasteiger partial charge in [-0.3, -0.25) is 4.68 Å². The number of urea groups is 1. The quantitative estimate of drug-likeness (QED) is 0.734. The summed E-state index contributed by atoms with van der Waals surface area (Å²) in [5.41, 5.74) is 2.07. The summed E-state index contributed by atoms with van der Waals surface area (Å²) in [6.07, 6.45) is 3.71. The first-order valence-electron chi connectivity index (χ1n) is 9.15. The van der Waals surface area contributed by atoms with Crippen LogP contribution in [0.25, 0.3) is 11.4 Å². The first kappa shape index (κ1) is 18.4. The Morgan fingerprint density at radius 1 is 1.24 bits per heavy atom. The largest absolute Gasteiger partial charge is 0.472 e. The Labute approximate surface area is 167 Å². The lowest BCUT2D eigenvalue weighted by Crippen LogP contribution is -2.34. The van der Waals surface area contributed by atoms with Crippen molar-refractivity contribution in [2.24, 2.45) is 7.05 Å². The molecule has 9 heteroatoms. The maximum atomic E-state index is 12.5. The number of pyridine rings is 1. The van der Waals surface area contributed by atoms with Crippen molar-refractivity contribution in [2.75, 3.05) is 18.4 Å². The standard InChI is InChI=1S/C20H19N7O2/c1-26-13-23-19(25-26)15-3-5-16(6-4-15)24-20(28)27-9-8-17(12-27)29-18-7-2-14(10-21)11-22-18/h2-7,11,13,17H,8-9,12H2,1H3,(H,24,28). The molecule has 9 nitrogen and oxygen atoms in total. The van der Waals surface area contributed by atoms with Crippen LogP contribution in [0.5, 0.6) is 5.88 Å². The topological polar surface area (TPSA) is 109 Å². The first-order valence-corrected chi connectivity index (χ1v) is 9.15. The first-order chi connectivity index (χ1) is 14.1. The third-order valence-corrected chi connectivity index (χ3v) is 4.58. The Morgan fingerprint density at radius 2 is 2.07 bits per heavy atom. The molecule has 29 heavy (non-hydrogen) atoms. The number of amides is 2. The number of benzene rings is 1. The number of aromatic nitrogens is 4. The third-order valence-electron chi connectivity index (χ3n) is 4.58. The van der Waals surface area contributed by atoms with E-state index in [2.05, 4.69) is 20.4 Å². The second-order valence-electron chi connectivity index (χ2n) is 6.72. The Balaban J connectivity index is 1.31. The smallest absolute Gasteiger partial charge is 0.321 e. The molecule has 2 aromatic heterocycles. The molecule has 4 rings (SSSR count). The van der Waals surface area contributed by atoms with Gasteiger partial charge >= 0.3 is 6.03 Å². The van der Waals surface area contributed by atoms with E-state index < -0.39 is 0 Å². The number of rotatable bonds is 4. The lowest BCUT2D eigenvalue weighted by Gasteiger charge is -2.17. The number of carbonyl (C=O) groups is 1. The Morgan fingerprint density at radius 3 is 2.72 bits per heavy atom. The molecule has 0 saturated carbocycles. The van der Waals surface area contributed by atoms with Crippen molar-refractivity contribution in [1.29, 1.82) is 5.26 Å². The molecule has 1 aliphatic heterocycles. The molecule has 1 aliphatic rings. The summed E-state index contributed by atoms with van der Waals surface area (Å²) < 4.78 is 7.46. The Bertz CT molecular complexity index is 1040. The summed E-state index contributed by atoms with van der Waals surface area (Å²) in [7, 11) is 1.82. The van der Waals surface area contributed by atoms with E-state index in [4.69, 9.17) is 10.00 Å². The Hall–Kier alpha value is -3.93. The van der Waals surface area contributed by atoms with Crippen molar-refractivity contribution in [3.8, 4) is 23.3 Å². The summed E-state index contributed by atoms with van der Waals surface area (Å²) in [6.45, 7) is 1.08. The van der Waals surface area contributed by atoms with E-state index in [1.54, 1.807) is 28.0 Å². The van der Waals surface area contributed by atoms with Crippen molar-refractivity contribution in [3.63, 3.8) is 0 Å². The maximum absolute atomic E-state index is 12.5. The second kappa shape index (κ2) is 7.98. The van der Waals surface area contributed by atoms with Crippen LogP contribution in [-0.2, 0) is 7.05 Å². The van der Waals surface area contributed by atoms with Gasteiger partial charge < -0.3 is 15.0 Å². The minimum absolute atomic E-state index is 0.126. The van der Waals surface area contributed by atoms with Gasteiger partial charge in [0.05, 0.1) is 12.1 Å². The van der Waals surface area contributed by atoms with Gasteiger partial charge in [-0.25, -0.2) is 14.8 Å². The molecule has 3 aromatic rings. The number of hydrogen-bond donors (Lipinski definition) is 1. The van der Waals surface area contributed by atoms with Crippen LogP contribution in [0, 0.1) is 11.3 Å². The normalized spacial score (nSPS) is 15.7. The van der Waals surface area contributed by atoms with Gasteiger partial charge in [-0.2, -0.15) is 10.4 Å². The number of nitrogens with zero attached hydrogens (tertiary/aromatic N) is 6. The maximum Gasteiger partial charge on any atom is 0.321 e. The molecular weight excluding hydrogens is 370 g/mol. The van der Waals surface area contributed by atoms with Crippen LogP contribution in [0.15, 0.2) is 48.9 Å². The van der Waals surface area contributed by atoms with Crippen LogP contribution in [-0.4, -0.2) is 49.9 Å². The summed E-state index contributed by atoms with van der Waals surface area (Å²) >= 11 is 0. The molecule has 1 unspecified atom stereocenters. The van der Waals surface area contributed by atoms with Crippen molar-refractivity contribution >= 4 is 11.7 Å². The van der Waals surface area contributed by atoms with Gasteiger partial charge in [0.15, 0.2) is 5.82 Å². The molecule has 3 heterocycles. The van der Waals surface area contributed by atoms with E-state index >= 15 is 0 Å². The van der Waals surface area contributed by atoms with Gasteiger partial charge in [0.1, 0.15) is 18.5 Å². The molecule has 0 aliphatic carbocycles. The number of nitriles is 1. The van der Waals surface area contributed by atoms with Crippen LogP contribution in [0.3, 0.4) is 0 Å². The fourth-order valence-electron chi connectivity index (χ4n) is 3.07. The van der Waals surface area contributed by atoms with Gasteiger partial charge in [0, 0.05) is 43.5 Å². The summed E-state index contributed by atoms with van der Waals surface area (Å²) in [5, 5.41) is 16.0. The molecule has 146 valence electrons. The van der Waals surface area contributed by atoms with E-state index in [1.807, 2.05) is 37.4 Å². The molecule has 2 amide bonds. The predicted molar refractivity (Wildman–Crippen MR) is 105 cm³/mol. The zero-order chi connectivity index (χ0) is 20.2. The number of carbonyl (C=O) groups excluding carboxylic acids is 1. The molecule has 0 bridgehead atoms. The highest BCUT2D eigenvalue weighted by Crippen LogP contribution is 2.20. The minimum Gasteiger partial charge on any atom is -0.472 e. The van der Waals surface area contributed by atoms with Crippen LogP contribution in [0.2, 0.25) is 0 Å². The summed E-state index contributed by atoms with van der Waals surface area (Å²) in [6, 6.07) is 12.6. The number of hydrogen-bond acceptors (Lipinski definition) is 6. The van der Waals surface area contributed by atoms with E-state index in [1.165, 1.54) is 6.20 Å². The number of anilines is 1. The molecule has 0 radical (unpaired) electrons. The zero-order valence-electron chi connectivity index (χ0n) is 15.8. The minimum atomic E-state index is -0.174. The number of ether oxygens (including phenoxy) is 1. The van der Waals surface area contributed by atoms with E-state index in [0.717, 1.165) is 12.0 Å². The number of aryl methyl sites for hydroxylation is 1. The number of nitrogens with one attached hydrogen (secondary N) is 1. The predicted octanol–water partition coefficient (Wildman–Crippen LogP) is 2.43. The van der Waals surface area contributed by atoms with Gasteiger partial charge in [0.2, 0.25) is 5.88 Å². The van der Waals surface area contributed by atoms with Gasteiger partial charge in [-0.05, 0) is 30.3 Å².